The van der Waals surface area contributed by atoms with Crippen LogP contribution in [0.5, 0.6) is 0 Å². The van der Waals surface area contributed by atoms with E-state index in [-0.39, 0.29) is 11.9 Å². The molecule has 6 N–H and O–H groups in total. The number of nitrogens with one attached hydrogen (secondary N) is 4. The van der Waals surface area contributed by atoms with Gasteiger partial charge in [0.1, 0.15) is 0 Å². The van der Waals surface area contributed by atoms with Crippen molar-refractivity contribution in [3.8, 4) is 0 Å². The highest BCUT2D eigenvalue weighted by Crippen LogP contribution is 2.22. The second-order valence-corrected chi connectivity index (χ2v) is 5.57. The first-order valence-corrected chi connectivity index (χ1v) is 6.25. The average molecular weight is 241 g/mol. The maximum Gasteiger partial charge on any atom is 0.195 e. The van der Waals surface area contributed by atoms with E-state index < -0.39 is 0 Å². The number of rotatable bonds is 6. The fraction of sp³-hybridized carbons (Fsp3) is 0.833. The van der Waals surface area contributed by atoms with Crippen LogP contribution < -0.4 is 16.4 Å². The summed E-state index contributed by atoms with van der Waals surface area (Å²) in [5, 5.41) is 19.6. The van der Waals surface area contributed by atoms with E-state index in [9.17, 15) is 0 Å². The van der Waals surface area contributed by atoms with Crippen LogP contribution in [0.1, 0.15) is 52.9 Å². The summed E-state index contributed by atoms with van der Waals surface area (Å²) in [5.41, 5.74) is 5.53. The Bertz CT molecular complexity index is 242. The van der Waals surface area contributed by atoms with Crippen molar-refractivity contribution < 1.29 is 0 Å². The van der Waals surface area contributed by atoms with E-state index in [0.29, 0.717) is 5.41 Å². The Morgan fingerprint density at radius 1 is 1.06 bits per heavy atom. The summed E-state index contributed by atoms with van der Waals surface area (Å²) in [6.45, 7) is 7.56. The van der Waals surface area contributed by atoms with Gasteiger partial charge in [-0.3, -0.25) is 16.1 Å². The van der Waals surface area contributed by atoms with Gasteiger partial charge in [-0.05, 0) is 18.3 Å². The zero-order chi connectivity index (χ0) is 13.3. The fourth-order valence-corrected chi connectivity index (χ4v) is 1.53. The van der Waals surface area contributed by atoms with Gasteiger partial charge >= 0.3 is 0 Å². The SMILES string of the molecule is CC(C)(C)CCCCCCNC(=N)NC(=N)N. The van der Waals surface area contributed by atoms with E-state index in [1.54, 1.807) is 0 Å². The number of hydrogen-bond acceptors (Lipinski definition) is 2. The summed E-state index contributed by atoms with van der Waals surface area (Å²) in [6, 6.07) is 0. The molecule has 0 aromatic carbocycles. The van der Waals surface area contributed by atoms with Crippen LogP contribution in [0.25, 0.3) is 0 Å². The molecule has 0 aliphatic rings. The minimum Gasteiger partial charge on any atom is -0.370 e. The maximum atomic E-state index is 7.37. The van der Waals surface area contributed by atoms with Crippen molar-refractivity contribution in [1.29, 1.82) is 10.8 Å². The van der Waals surface area contributed by atoms with Crippen LogP contribution in [0, 0.1) is 16.2 Å². The lowest BCUT2D eigenvalue weighted by molar-refractivity contribution is 0.357. The quantitative estimate of drug-likeness (QED) is 0.279. The van der Waals surface area contributed by atoms with Crippen LogP contribution in [0.3, 0.4) is 0 Å². The largest absolute Gasteiger partial charge is 0.370 e. The molecule has 0 spiro atoms. The highest BCUT2D eigenvalue weighted by molar-refractivity contribution is 5.94. The predicted octanol–water partition coefficient (Wildman–Crippen LogP) is 1.99. The monoisotopic (exact) mass is 241 g/mol. The zero-order valence-corrected chi connectivity index (χ0v) is 11.3. The van der Waals surface area contributed by atoms with Crippen LogP contribution in [0.2, 0.25) is 0 Å². The summed E-state index contributed by atoms with van der Waals surface area (Å²) < 4.78 is 0. The summed E-state index contributed by atoms with van der Waals surface area (Å²) in [5.74, 6) is -0.0973. The molecule has 0 aliphatic heterocycles. The van der Waals surface area contributed by atoms with E-state index in [4.69, 9.17) is 16.6 Å². The van der Waals surface area contributed by atoms with Crippen LogP contribution in [-0.4, -0.2) is 18.5 Å². The molecule has 5 nitrogen and oxygen atoms in total. The molecule has 0 radical (unpaired) electrons. The van der Waals surface area contributed by atoms with Gasteiger partial charge in [0.15, 0.2) is 11.9 Å². The third kappa shape index (κ3) is 12.7. The molecule has 0 saturated heterocycles. The van der Waals surface area contributed by atoms with Gasteiger partial charge in [0.05, 0.1) is 0 Å². The second-order valence-electron chi connectivity index (χ2n) is 5.57. The molecule has 0 aliphatic carbocycles. The molecule has 5 heteroatoms. The summed E-state index contributed by atoms with van der Waals surface area (Å²) in [6.07, 6.45) is 6.00. The van der Waals surface area contributed by atoms with Crippen LogP contribution in [0.4, 0.5) is 0 Å². The Balaban J connectivity index is 3.30. The van der Waals surface area contributed by atoms with E-state index in [1.165, 1.54) is 25.7 Å². The topological polar surface area (TPSA) is 97.8 Å². The lowest BCUT2D eigenvalue weighted by Gasteiger charge is -2.17. The number of unbranched alkanes of at least 4 members (excludes halogenated alkanes) is 3. The van der Waals surface area contributed by atoms with Crippen molar-refractivity contribution in [3.63, 3.8) is 0 Å². The van der Waals surface area contributed by atoms with Crippen LogP contribution >= 0.6 is 0 Å². The normalized spacial score (nSPS) is 11.0. The zero-order valence-electron chi connectivity index (χ0n) is 11.3. The average Bonchev–Trinajstić information content (AvgIpc) is 2.13. The van der Waals surface area contributed by atoms with E-state index >= 15 is 0 Å². The van der Waals surface area contributed by atoms with Crippen molar-refractivity contribution in [2.45, 2.75) is 52.9 Å². The van der Waals surface area contributed by atoms with Gasteiger partial charge in [-0.2, -0.15) is 0 Å². The molecule has 0 heterocycles. The highest BCUT2D eigenvalue weighted by atomic mass is 15.2. The molecule has 0 atom stereocenters. The van der Waals surface area contributed by atoms with E-state index in [0.717, 1.165) is 13.0 Å². The maximum absolute atomic E-state index is 7.37. The molecule has 0 fully saturated rings. The number of nitrogens with two attached hydrogens (primary N) is 1. The standard InChI is InChI=1S/C12H27N5/c1-12(2,3)8-6-4-5-7-9-16-11(15)17-10(13)14/h4-9H2,1-3H3,(H6,13,14,15,16,17). The first-order chi connectivity index (χ1) is 7.81. The molecular weight excluding hydrogens is 214 g/mol. The summed E-state index contributed by atoms with van der Waals surface area (Å²) in [4.78, 5) is 0. The molecule has 0 rings (SSSR count). The third-order valence-electron chi connectivity index (χ3n) is 2.41. The Morgan fingerprint density at radius 2 is 1.65 bits per heavy atom. The first-order valence-electron chi connectivity index (χ1n) is 6.25. The van der Waals surface area contributed by atoms with E-state index in [2.05, 4.69) is 31.4 Å². The van der Waals surface area contributed by atoms with Gasteiger partial charge < -0.3 is 11.1 Å². The van der Waals surface area contributed by atoms with Crippen molar-refractivity contribution in [2.75, 3.05) is 6.54 Å². The Labute approximate surface area is 105 Å². The molecule has 0 bridgehead atoms. The Hall–Kier alpha value is -1.26. The van der Waals surface area contributed by atoms with Gasteiger partial charge in [-0.25, -0.2) is 0 Å². The minimum absolute atomic E-state index is 0.104. The Kier molecular flexibility index (Phi) is 7.34. The lowest BCUT2D eigenvalue weighted by atomic mass is 9.89. The molecule has 0 unspecified atom stereocenters. The first kappa shape index (κ1) is 15.7. The van der Waals surface area contributed by atoms with Crippen molar-refractivity contribution >= 4 is 11.9 Å². The van der Waals surface area contributed by atoms with Crippen molar-refractivity contribution in [1.82, 2.24) is 10.6 Å². The summed E-state index contributed by atoms with van der Waals surface area (Å²) >= 11 is 0. The molecule has 100 valence electrons. The van der Waals surface area contributed by atoms with Crippen molar-refractivity contribution in [2.24, 2.45) is 11.1 Å². The Morgan fingerprint density at radius 3 is 2.18 bits per heavy atom. The molecule has 0 amide bonds. The van der Waals surface area contributed by atoms with Gasteiger partial charge in [-0.1, -0.05) is 40.0 Å². The number of hydrogen-bond donors (Lipinski definition) is 5. The van der Waals surface area contributed by atoms with Crippen LogP contribution in [-0.2, 0) is 0 Å². The van der Waals surface area contributed by atoms with Gasteiger partial charge in [-0.15, -0.1) is 0 Å². The minimum atomic E-state index is -0.201. The molecule has 0 saturated carbocycles. The van der Waals surface area contributed by atoms with Crippen molar-refractivity contribution in [3.05, 3.63) is 0 Å². The predicted molar refractivity (Wildman–Crippen MR) is 73.3 cm³/mol. The lowest BCUT2D eigenvalue weighted by Crippen LogP contribution is -2.43. The summed E-state index contributed by atoms with van der Waals surface area (Å²) in [7, 11) is 0. The highest BCUT2D eigenvalue weighted by Gasteiger charge is 2.08. The molecule has 0 aromatic heterocycles. The molecular formula is C12H27N5. The second kappa shape index (κ2) is 7.92. The third-order valence-corrected chi connectivity index (χ3v) is 2.41. The van der Waals surface area contributed by atoms with Crippen LogP contribution in [0.15, 0.2) is 0 Å². The van der Waals surface area contributed by atoms with Gasteiger partial charge in [0.2, 0.25) is 0 Å². The fourth-order valence-electron chi connectivity index (χ4n) is 1.53. The van der Waals surface area contributed by atoms with E-state index in [1.807, 2.05) is 0 Å². The van der Waals surface area contributed by atoms with Gasteiger partial charge in [0, 0.05) is 6.54 Å². The molecule has 17 heavy (non-hydrogen) atoms. The molecule has 0 aromatic rings. The number of guanidine groups is 2. The smallest absolute Gasteiger partial charge is 0.195 e. The van der Waals surface area contributed by atoms with Gasteiger partial charge in [0.25, 0.3) is 0 Å².